The molecule has 0 unspecified atom stereocenters. The Morgan fingerprint density at radius 1 is 1.37 bits per heavy atom. The molecule has 0 aromatic heterocycles. The van der Waals surface area contributed by atoms with E-state index in [-0.39, 0.29) is 5.56 Å². The molecule has 0 fully saturated rings. The van der Waals surface area contributed by atoms with Crippen LogP contribution >= 0.6 is 0 Å². The minimum Gasteiger partial charge on any atom is -0.285 e. The van der Waals surface area contributed by atoms with E-state index in [0.29, 0.717) is 12.1 Å². The molecule has 0 aliphatic heterocycles. The molecular formula is C10H11F2NO5S. The monoisotopic (exact) mass is 295 g/mol. The molecule has 1 atom stereocenters. The second kappa shape index (κ2) is 5.17. The molecule has 1 aromatic carbocycles. The fraction of sp³-hybridized carbons (Fsp3) is 0.400. The number of halogens is 2. The molecular weight excluding hydrogens is 284 g/mol. The van der Waals surface area contributed by atoms with E-state index in [1.165, 1.54) is 0 Å². The standard InChI is InChI=1S/C10H11F2NO5S/c1-10(19(16,17)18,4-5-13(14)15)7-2-3-8(11)9(12)6-7/h2-3,6H,4-5H2,1H3,(H,16,17,18)/t10-/m1/s1. The Hall–Kier alpha value is -1.61. The molecule has 6 nitrogen and oxygen atoms in total. The molecule has 0 amide bonds. The second-order valence-corrected chi connectivity index (χ2v) is 5.99. The van der Waals surface area contributed by atoms with Gasteiger partial charge in [0, 0.05) is 11.3 Å². The van der Waals surface area contributed by atoms with Gasteiger partial charge in [-0.3, -0.25) is 14.7 Å². The quantitative estimate of drug-likeness (QED) is 0.507. The highest BCUT2D eigenvalue weighted by molar-refractivity contribution is 7.86. The zero-order valence-corrected chi connectivity index (χ0v) is 10.7. The predicted molar refractivity (Wildman–Crippen MR) is 61.7 cm³/mol. The molecule has 0 aliphatic rings. The molecule has 19 heavy (non-hydrogen) atoms. The maximum absolute atomic E-state index is 13.1. The zero-order chi connectivity index (χ0) is 14.8. The molecule has 106 valence electrons. The summed E-state index contributed by atoms with van der Waals surface area (Å²) in [6, 6.07) is 2.26. The Bertz CT molecular complexity index is 604. The highest BCUT2D eigenvalue weighted by Gasteiger charge is 2.41. The average Bonchev–Trinajstić information content (AvgIpc) is 2.28. The maximum atomic E-state index is 13.1. The lowest BCUT2D eigenvalue weighted by molar-refractivity contribution is -0.481. The van der Waals surface area contributed by atoms with Crippen LogP contribution in [-0.2, 0) is 14.9 Å². The molecule has 0 bridgehead atoms. The summed E-state index contributed by atoms with van der Waals surface area (Å²) in [5.41, 5.74) is -0.254. The van der Waals surface area contributed by atoms with Gasteiger partial charge in [-0.15, -0.1) is 0 Å². The van der Waals surface area contributed by atoms with Gasteiger partial charge in [0.25, 0.3) is 10.1 Å². The van der Waals surface area contributed by atoms with Gasteiger partial charge < -0.3 is 0 Å². The van der Waals surface area contributed by atoms with Crippen molar-refractivity contribution in [3.63, 3.8) is 0 Å². The van der Waals surface area contributed by atoms with Gasteiger partial charge in [0.15, 0.2) is 11.6 Å². The number of rotatable bonds is 5. The van der Waals surface area contributed by atoms with Gasteiger partial charge in [-0.1, -0.05) is 6.07 Å². The fourth-order valence-electron chi connectivity index (χ4n) is 1.55. The minimum atomic E-state index is -4.74. The Balaban J connectivity index is 3.31. The smallest absolute Gasteiger partial charge is 0.274 e. The van der Waals surface area contributed by atoms with Gasteiger partial charge in [0.2, 0.25) is 6.54 Å². The Kier molecular flexibility index (Phi) is 4.21. The third kappa shape index (κ3) is 3.24. The van der Waals surface area contributed by atoms with Crippen molar-refractivity contribution in [2.75, 3.05) is 6.54 Å². The normalized spacial score (nSPS) is 14.9. The van der Waals surface area contributed by atoms with Gasteiger partial charge in [-0.05, 0) is 24.6 Å². The largest absolute Gasteiger partial charge is 0.285 e. The van der Waals surface area contributed by atoms with Crippen molar-refractivity contribution in [1.29, 1.82) is 0 Å². The Labute approximate surface area is 108 Å². The van der Waals surface area contributed by atoms with Crippen LogP contribution in [0.4, 0.5) is 8.78 Å². The first-order valence-electron chi connectivity index (χ1n) is 5.12. The van der Waals surface area contributed by atoms with Gasteiger partial charge in [-0.2, -0.15) is 8.42 Å². The summed E-state index contributed by atoms with van der Waals surface area (Å²) in [5, 5.41) is 10.3. The second-order valence-electron chi connectivity index (χ2n) is 4.14. The minimum absolute atomic E-state index is 0.254. The van der Waals surface area contributed by atoms with E-state index in [9.17, 15) is 31.9 Å². The first-order valence-corrected chi connectivity index (χ1v) is 6.56. The van der Waals surface area contributed by atoms with Gasteiger partial charge in [-0.25, -0.2) is 8.78 Å². The lowest BCUT2D eigenvalue weighted by Crippen LogP contribution is -2.34. The van der Waals surface area contributed by atoms with Crippen LogP contribution in [0.2, 0.25) is 0 Å². The van der Waals surface area contributed by atoms with Crippen LogP contribution in [0.3, 0.4) is 0 Å². The average molecular weight is 295 g/mol. The third-order valence-electron chi connectivity index (χ3n) is 2.87. The molecule has 0 radical (unpaired) electrons. The van der Waals surface area contributed by atoms with Gasteiger partial charge in [0.1, 0.15) is 4.75 Å². The molecule has 0 aliphatic carbocycles. The van der Waals surface area contributed by atoms with Gasteiger partial charge in [0.05, 0.1) is 0 Å². The molecule has 1 rings (SSSR count). The fourth-order valence-corrected chi connectivity index (χ4v) is 2.33. The van der Waals surface area contributed by atoms with Crippen molar-refractivity contribution in [3.05, 3.63) is 45.5 Å². The molecule has 0 saturated heterocycles. The number of hydrogen-bond acceptors (Lipinski definition) is 4. The summed E-state index contributed by atoms with van der Waals surface area (Å²) in [5.74, 6) is -2.48. The summed E-state index contributed by atoms with van der Waals surface area (Å²) in [6.07, 6.45) is -0.566. The number of benzene rings is 1. The topological polar surface area (TPSA) is 97.5 Å². The van der Waals surface area contributed by atoms with E-state index in [2.05, 4.69) is 0 Å². The van der Waals surface area contributed by atoms with Crippen LogP contribution in [0.15, 0.2) is 18.2 Å². The molecule has 0 saturated carbocycles. The maximum Gasteiger partial charge on any atom is 0.274 e. The van der Waals surface area contributed by atoms with Crippen molar-refractivity contribution in [2.45, 2.75) is 18.1 Å². The van der Waals surface area contributed by atoms with Crippen molar-refractivity contribution >= 4 is 10.1 Å². The van der Waals surface area contributed by atoms with Crippen LogP contribution in [0.25, 0.3) is 0 Å². The Morgan fingerprint density at radius 2 is 1.95 bits per heavy atom. The van der Waals surface area contributed by atoms with Crippen LogP contribution < -0.4 is 0 Å². The van der Waals surface area contributed by atoms with Crippen molar-refractivity contribution < 1.29 is 26.7 Å². The van der Waals surface area contributed by atoms with E-state index in [4.69, 9.17) is 0 Å². The first kappa shape index (κ1) is 15.4. The summed E-state index contributed by atoms with van der Waals surface area (Å²) >= 11 is 0. The number of hydrogen-bond donors (Lipinski definition) is 1. The van der Waals surface area contributed by atoms with Crippen LogP contribution in [0.5, 0.6) is 0 Å². The van der Waals surface area contributed by atoms with Crippen LogP contribution in [0, 0.1) is 21.7 Å². The molecule has 9 heteroatoms. The SMILES string of the molecule is C[C@@](CC[N+](=O)[O-])(c1ccc(F)c(F)c1)S(=O)(=O)O. The molecule has 1 aromatic rings. The van der Waals surface area contributed by atoms with Crippen molar-refractivity contribution in [3.8, 4) is 0 Å². The number of nitro groups is 1. The van der Waals surface area contributed by atoms with Gasteiger partial charge >= 0.3 is 0 Å². The summed E-state index contributed by atoms with van der Waals surface area (Å²) in [6.45, 7) is 0.272. The van der Waals surface area contributed by atoms with E-state index in [0.717, 1.165) is 13.0 Å². The lowest BCUT2D eigenvalue weighted by Gasteiger charge is -2.25. The highest BCUT2D eigenvalue weighted by Crippen LogP contribution is 2.33. The van der Waals surface area contributed by atoms with E-state index in [1.807, 2.05) is 0 Å². The van der Waals surface area contributed by atoms with Crippen LogP contribution in [0.1, 0.15) is 18.9 Å². The summed E-state index contributed by atoms with van der Waals surface area (Å²) in [4.78, 5) is 9.56. The van der Waals surface area contributed by atoms with Crippen molar-refractivity contribution in [1.82, 2.24) is 0 Å². The highest BCUT2D eigenvalue weighted by atomic mass is 32.2. The molecule has 0 heterocycles. The van der Waals surface area contributed by atoms with E-state index in [1.54, 1.807) is 0 Å². The third-order valence-corrected chi connectivity index (χ3v) is 4.45. The van der Waals surface area contributed by atoms with E-state index < -0.39 is 44.4 Å². The first-order chi connectivity index (χ1) is 8.58. The Morgan fingerprint density at radius 3 is 2.37 bits per heavy atom. The molecule has 0 spiro atoms. The molecule has 1 N–H and O–H groups in total. The lowest BCUT2D eigenvalue weighted by atomic mass is 9.96. The summed E-state index contributed by atoms with van der Waals surface area (Å²) in [7, 11) is -4.74. The van der Waals surface area contributed by atoms with Crippen LogP contribution in [-0.4, -0.2) is 24.4 Å². The zero-order valence-electron chi connectivity index (χ0n) is 9.84. The summed E-state index contributed by atoms with van der Waals surface area (Å²) < 4.78 is 55.8. The van der Waals surface area contributed by atoms with Crippen molar-refractivity contribution in [2.24, 2.45) is 0 Å². The van der Waals surface area contributed by atoms with E-state index >= 15 is 0 Å². The predicted octanol–water partition coefficient (Wildman–Crippen LogP) is 1.73. The number of nitrogens with zero attached hydrogens (tertiary/aromatic N) is 1.